The molecule has 5 heteroatoms. The summed E-state index contributed by atoms with van der Waals surface area (Å²) >= 11 is 0. The molecular weight excluding hydrogens is 254 g/mol. The predicted octanol–water partition coefficient (Wildman–Crippen LogP) is 1.90. The molecule has 0 aliphatic carbocycles. The van der Waals surface area contributed by atoms with Gasteiger partial charge in [0, 0.05) is 6.04 Å². The summed E-state index contributed by atoms with van der Waals surface area (Å²) < 4.78 is 0. The van der Waals surface area contributed by atoms with E-state index in [0.29, 0.717) is 6.42 Å². The second kappa shape index (κ2) is 8.19. The second-order valence-corrected chi connectivity index (χ2v) is 4.79. The molecular formula is C15H23N3O2. The molecule has 0 aliphatic heterocycles. The van der Waals surface area contributed by atoms with Crippen molar-refractivity contribution in [3.05, 3.63) is 35.9 Å². The molecule has 1 atom stereocenters. The first-order chi connectivity index (χ1) is 9.62. The van der Waals surface area contributed by atoms with E-state index in [-0.39, 0.29) is 17.8 Å². The number of rotatable bonds is 7. The van der Waals surface area contributed by atoms with Crippen LogP contribution in [-0.2, 0) is 11.2 Å². The maximum Gasteiger partial charge on any atom is 0.231 e. The number of amidine groups is 1. The first-order valence-corrected chi connectivity index (χ1v) is 6.94. The molecule has 110 valence electrons. The number of nitrogens with zero attached hydrogens (tertiary/aromatic N) is 1. The minimum Gasteiger partial charge on any atom is -0.409 e. The SMILES string of the molecule is CCC(CC)NC(=O)C(Cc1ccccc1)C(N)=NO. The lowest BCUT2D eigenvalue weighted by Gasteiger charge is -2.20. The molecule has 0 heterocycles. The Morgan fingerprint density at radius 2 is 1.90 bits per heavy atom. The average molecular weight is 277 g/mol. The molecule has 0 bridgehead atoms. The van der Waals surface area contributed by atoms with Crippen LogP contribution >= 0.6 is 0 Å². The highest BCUT2D eigenvalue weighted by Crippen LogP contribution is 2.10. The molecule has 5 nitrogen and oxygen atoms in total. The van der Waals surface area contributed by atoms with Crippen LogP contribution in [0.3, 0.4) is 0 Å². The van der Waals surface area contributed by atoms with Gasteiger partial charge in [-0.3, -0.25) is 4.79 Å². The number of amides is 1. The minimum atomic E-state index is -0.650. The van der Waals surface area contributed by atoms with Crippen molar-refractivity contribution in [2.45, 2.75) is 39.2 Å². The van der Waals surface area contributed by atoms with Crippen LogP contribution in [-0.4, -0.2) is 23.0 Å². The van der Waals surface area contributed by atoms with E-state index in [1.54, 1.807) is 0 Å². The fourth-order valence-corrected chi connectivity index (χ4v) is 2.05. The zero-order valence-corrected chi connectivity index (χ0v) is 12.0. The number of benzene rings is 1. The summed E-state index contributed by atoms with van der Waals surface area (Å²) in [4.78, 5) is 12.3. The van der Waals surface area contributed by atoms with Crippen LogP contribution in [0.5, 0.6) is 0 Å². The Balaban J connectivity index is 2.82. The number of nitrogens with two attached hydrogens (primary N) is 1. The molecule has 20 heavy (non-hydrogen) atoms. The van der Waals surface area contributed by atoms with Crippen molar-refractivity contribution in [1.82, 2.24) is 5.32 Å². The maximum atomic E-state index is 12.3. The molecule has 0 aromatic heterocycles. The van der Waals surface area contributed by atoms with Gasteiger partial charge in [-0.15, -0.1) is 0 Å². The number of carbonyl (C=O) groups excluding carboxylic acids is 1. The Labute approximate surface area is 119 Å². The summed E-state index contributed by atoms with van der Waals surface area (Å²) in [5.41, 5.74) is 6.64. The van der Waals surface area contributed by atoms with Crippen LogP contribution in [0.25, 0.3) is 0 Å². The number of hydrogen-bond acceptors (Lipinski definition) is 3. The molecule has 4 N–H and O–H groups in total. The van der Waals surface area contributed by atoms with Crippen molar-refractivity contribution in [1.29, 1.82) is 0 Å². The monoisotopic (exact) mass is 277 g/mol. The van der Waals surface area contributed by atoms with Crippen molar-refractivity contribution < 1.29 is 10.0 Å². The van der Waals surface area contributed by atoms with Gasteiger partial charge >= 0.3 is 0 Å². The Bertz CT molecular complexity index is 442. The zero-order valence-electron chi connectivity index (χ0n) is 12.0. The third-order valence-electron chi connectivity index (χ3n) is 3.40. The topological polar surface area (TPSA) is 87.7 Å². The number of carbonyl (C=O) groups is 1. The smallest absolute Gasteiger partial charge is 0.231 e. The summed E-state index contributed by atoms with van der Waals surface area (Å²) in [6.45, 7) is 4.04. The maximum absolute atomic E-state index is 12.3. The average Bonchev–Trinajstić information content (AvgIpc) is 2.50. The Morgan fingerprint density at radius 3 is 2.40 bits per heavy atom. The van der Waals surface area contributed by atoms with Crippen molar-refractivity contribution in [3.63, 3.8) is 0 Å². The van der Waals surface area contributed by atoms with Crippen LogP contribution < -0.4 is 11.1 Å². The van der Waals surface area contributed by atoms with Crippen molar-refractivity contribution in [2.24, 2.45) is 16.8 Å². The van der Waals surface area contributed by atoms with Gasteiger partial charge in [0.15, 0.2) is 5.84 Å². The van der Waals surface area contributed by atoms with Crippen LogP contribution in [0.1, 0.15) is 32.3 Å². The third kappa shape index (κ3) is 4.57. The highest BCUT2D eigenvalue weighted by Gasteiger charge is 2.25. The van der Waals surface area contributed by atoms with Crippen LogP contribution in [0.4, 0.5) is 0 Å². The molecule has 1 aromatic rings. The second-order valence-electron chi connectivity index (χ2n) is 4.79. The van der Waals surface area contributed by atoms with Crippen LogP contribution in [0.15, 0.2) is 35.5 Å². The van der Waals surface area contributed by atoms with Gasteiger partial charge in [0.05, 0.1) is 0 Å². The van der Waals surface area contributed by atoms with E-state index < -0.39 is 5.92 Å². The summed E-state index contributed by atoms with van der Waals surface area (Å²) in [5.74, 6) is -0.904. The molecule has 1 amide bonds. The molecule has 1 rings (SSSR count). The molecule has 0 saturated heterocycles. The number of hydrogen-bond donors (Lipinski definition) is 3. The third-order valence-corrected chi connectivity index (χ3v) is 3.40. The Kier molecular flexibility index (Phi) is 6.56. The molecule has 0 fully saturated rings. The Hall–Kier alpha value is -2.04. The Morgan fingerprint density at radius 1 is 1.30 bits per heavy atom. The number of nitrogens with one attached hydrogen (secondary N) is 1. The van der Waals surface area contributed by atoms with Crippen molar-refractivity contribution in [3.8, 4) is 0 Å². The molecule has 0 spiro atoms. The van der Waals surface area contributed by atoms with Gasteiger partial charge in [-0.2, -0.15) is 0 Å². The van der Waals surface area contributed by atoms with Gasteiger partial charge < -0.3 is 16.3 Å². The molecule has 0 aliphatic rings. The van der Waals surface area contributed by atoms with E-state index in [2.05, 4.69) is 10.5 Å². The van der Waals surface area contributed by atoms with E-state index >= 15 is 0 Å². The van der Waals surface area contributed by atoms with Gasteiger partial charge in [-0.1, -0.05) is 49.3 Å². The van der Waals surface area contributed by atoms with E-state index in [1.807, 2.05) is 44.2 Å². The van der Waals surface area contributed by atoms with Crippen molar-refractivity contribution >= 4 is 11.7 Å². The fourth-order valence-electron chi connectivity index (χ4n) is 2.05. The van der Waals surface area contributed by atoms with Crippen LogP contribution in [0, 0.1) is 5.92 Å². The largest absolute Gasteiger partial charge is 0.409 e. The first kappa shape index (κ1) is 16.0. The molecule has 1 aromatic carbocycles. The highest BCUT2D eigenvalue weighted by molar-refractivity contribution is 6.02. The minimum absolute atomic E-state index is 0.0580. The lowest BCUT2D eigenvalue weighted by atomic mass is 9.96. The fraction of sp³-hybridized carbons (Fsp3) is 0.467. The number of oxime groups is 1. The van der Waals surface area contributed by atoms with E-state index in [1.165, 1.54) is 0 Å². The first-order valence-electron chi connectivity index (χ1n) is 6.94. The normalized spacial score (nSPS) is 13.2. The van der Waals surface area contributed by atoms with Gasteiger partial charge in [-0.05, 0) is 24.8 Å². The quantitative estimate of drug-likeness (QED) is 0.308. The van der Waals surface area contributed by atoms with Gasteiger partial charge in [0.25, 0.3) is 0 Å². The summed E-state index contributed by atoms with van der Waals surface area (Å²) in [6.07, 6.45) is 2.13. The van der Waals surface area contributed by atoms with Crippen LogP contribution in [0.2, 0.25) is 0 Å². The van der Waals surface area contributed by atoms with Gasteiger partial charge in [0.2, 0.25) is 5.91 Å². The zero-order chi connectivity index (χ0) is 15.0. The van der Waals surface area contributed by atoms with E-state index in [9.17, 15) is 4.79 Å². The highest BCUT2D eigenvalue weighted by atomic mass is 16.4. The lowest BCUT2D eigenvalue weighted by Crippen LogP contribution is -2.44. The molecule has 0 radical (unpaired) electrons. The standard InChI is InChI=1S/C15H23N3O2/c1-3-12(4-2)17-15(19)13(14(16)18-20)10-11-8-6-5-7-9-11/h5-9,12-13,20H,3-4,10H2,1-2H3,(H2,16,18)(H,17,19). The summed E-state index contributed by atoms with van der Waals surface area (Å²) in [6, 6.07) is 9.66. The molecule has 0 saturated carbocycles. The van der Waals surface area contributed by atoms with Gasteiger partial charge in [-0.25, -0.2) is 0 Å². The predicted molar refractivity (Wildman–Crippen MR) is 79.6 cm³/mol. The van der Waals surface area contributed by atoms with E-state index in [4.69, 9.17) is 10.9 Å². The lowest BCUT2D eigenvalue weighted by molar-refractivity contribution is -0.123. The van der Waals surface area contributed by atoms with Crippen molar-refractivity contribution in [2.75, 3.05) is 0 Å². The summed E-state index contributed by atoms with van der Waals surface area (Å²) in [5, 5.41) is 14.8. The van der Waals surface area contributed by atoms with E-state index in [0.717, 1.165) is 18.4 Å². The van der Waals surface area contributed by atoms with Gasteiger partial charge in [0.1, 0.15) is 5.92 Å². The summed E-state index contributed by atoms with van der Waals surface area (Å²) in [7, 11) is 0. The molecule has 1 unspecified atom stereocenters.